The number of benzene rings is 1. The monoisotopic (exact) mass is 455 g/mol. The fourth-order valence-corrected chi connectivity index (χ4v) is 6.09. The van der Waals surface area contributed by atoms with Crippen LogP contribution >= 0.6 is 0 Å². The molecule has 1 aliphatic carbocycles. The lowest BCUT2D eigenvalue weighted by Crippen LogP contribution is -2.62. The van der Waals surface area contributed by atoms with Gasteiger partial charge in [-0.25, -0.2) is 9.78 Å². The van der Waals surface area contributed by atoms with E-state index in [9.17, 15) is 18.0 Å². The van der Waals surface area contributed by atoms with Crippen molar-refractivity contribution in [1.29, 1.82) is 0 Å². The summed E-state index contributed by atoms with van der Waals surface area (Å²) in [5, 5.41) is 2.85. The molecule has 176 valence electrons. The summed E-state index contributed by atoms with van der Waals surface area (Å²) in [6.45, 7) is 5.85. The van der Waals surface area contributed by atoms with Crippen LogP contribution in [0.4, 0.5) is 13.2 Å². The molecule has 1 N–H and O–H groups in total. The number of hydrogen-bond donors (Lipinski definition) is 1. The summed E-state index contributed by atoms with van der Waals surface area (Å²) >= 11 is 0. The van der Waals surface area contributed by atoms with Crippen molar-refractivity contribution >= 4 is 5.91 Å². The molecule has 0 aromatic heterocycles. The van der Waals surface area contributed by atoms with Gasteiger partial charge in [-0.2, -0.15) is 13.2 Å². The Morgan fingerprint density at radius 2 is 1.81 bits per heavy atom. The van der Waals surface area contributed by atoms with Gasteiger partial charge in [0.1, 0.15) is 0 Å². The third-order valence-corrected chi connectivity index (χ3v) is 7.92. The van der Waals surface area contributed by atoms with Crippen LogP contribution in [0.25, 0.3) is 0 Å². The lowest BCUT2D eigenvalue weighted by Gasteiger charge is -2.50. The second-order valence-corrected chi connectivity index (χ2v) is 9.96. The maximum absolute atomic E-state index is 13.4. The first-order chi connectivity index (χ1) is 15.0. The molecule has 1 aromatic rings. The van der Waals surface area contributed by atoms with E-state index in [-0.39, 0.29) is 24.3 Å². The van der Waals surface area contributed by atoms with Gasteiger partial charge in [0.05, 0.1) is 5.56 Å². The van der Waals surface area contributed by atoms with E-state index in [1.54, 1.807) is 6.92 Å². The lowest BCUT2D eigenvalue weighted by atomic mass is 9.59. The predicted molar refractivity (Wildman–Crippen MR) is 106 cm³/mol. The molecule has 4 heterocycles. The largest absolute Gasteiger partial charge is 0.416 e. The van der Waals surface area contributed by atoms with Crippen molar-refractivity contribution in [2.45, 2.75) is 82.5 Å². The van der Waals surface area contributed by atoms with Crippen LogP contribution in [-0.2, 0) is 36.8 Å². The maximum atomic E-state index is 13.4. The zero-order chi connectivity index (χ0) is 22.9. The summed E-state index contributed by atoms with van der Waals surface area (Å²) in [5.74, 6) is -1.00. The minimum atomic E-state index is -4.40. The number of amides is 1. The molecule has 6 rings (SSSR count). The van der Waals surface area contributed by atoms with E-state index in [4.69, 9.17) is 19.2 Å². The molecule has 32 heavy (non-hydrogen) atoms. The van der Waals surface area contributed by atoms with Crippen LogP contribution in [0.3, 0.4) is 0 Å². The van der Waals surface area contributed by atoms with Crippen LogP contribution in [0.2, 0.25) is 0 Å². The van der Waals surface area contributed by atoms with Gasteiger partial charge in [0, 0.05) is 18.9 Å². The van der Waals surface area contributed by atoms with Gasteiger partial charge >= 0.3 is 6.18 Å². The van der Waals surface area contributed by atoms with Gasteiger partial charge in [-0.3, -0.25) is 4.79 Å². The SMILES string of the molecule is C[C@@H]1CCC2[C@]34OO[C@](C)(CC[C@@H]13)O[C@@H]4O[C@]2(C)C(=O)NCc1ccc(C(F)(F)F)cc1. The Hall–Kier alpha value is -1.68. The fourth-order valence-electron chi connectivity index (χ4n) is 6.09. The second kappa shape index (κ2) is 7.16. The van der Waals surface area contributed by atoms with Crippen molar-refractivity contribution in [1.82, 2.24) is 5.32 Å². The van der Waals surface area contributed by atoms with Crippen LogP contribution in [-0.4, -0.2) is 29.2 Å². The molecule has 2 bridgehead atoms. The van der Waals surface area contributed by atoms with Gasteiger partial charge in [-0.15, -0.1) is 0 Å². The van der Waals surface area contributed by atoms with Crippen LogP contribution in [0.15, 0.2) is 24.3 Å². The molecule has 4 saturated heterocycles. The molecular weight excluding hydrogens is 427 g/mol. The van der Waals surface area contributed by atoms with Crippen molar-refractivity contribution < 1.29 is 37.2 Å². The average Bonchev–Trinajstić information content (AvgIpc) is 2.82. The molecule has 6 nitrogen and oxygen atoms in total. The summed E-state index contributed by atoms with van der Waals surface area (Å²) in [5.41, 5.74) is -2.21. The molecule has 1 aromatic carbocycles. The van der Waals surface area contributed by atoms with Crippen LogP contribution < -0.4 is 5.32 Å². The van der Waals surface area contributed by atoms with Crippen molar-refractivity contribution in [2.24, 2.45) is 17.8 Å². The number of rotatable bonds is 3. The molecule has 9 heteroatoms. The van der Waals surface area contributed by atoms with Crippen LogP contribution in [0.1, 0.15) is 57.6 Å². The molecule has 1 saturated carbocycles. The highest BCUT2D eigenvalue weighted by molar-refractivity contribution is 5.86. The molecule has 7 atom stereocenters. The molecule has 1 amide bonds. The number of carbonyl (C=O) groups excluding carboxylic acids is 1. The van der Waals surface area contributed by atoms with E-state index >= 15 is 0 Å². The fraction of sp³-hybridized carbons (Fsp3) is 0.696. The molecule has 4 aliphatic heterocycles. The number of alkyl halides is 3. The molecule has 1 unspecified atom stereocenters. The summed E-state index contributed by atoms with van der Waals surface area (Å²) in [6, 6.07) is 4.75. The molecule has 0 radical (unpaired) electrons. The van der Waals surface area contributed by atoms with E-state index in [1.807, 2.05) is 6.92 Å². The summed E-state index contributed by atoms with van der Waals surface area (Å²) in [6.07, 6.45) is -1.90. The number of fused-ring (bicyclic) bond motifs is 2. The maximum Gasteiger partial charge on any atom is 0.416 e. The average molecular weight is 455 g/mol. The van der Waals surface area contributed by atoms with E-state index in [0.29, 0.717) is 17.9 Å². The van der Waals surface area contributed by atoms with Crippen molar-refractivity contribution in [3.8, 4) is 0 Å². The van der Waals surface area contributed by atoms with Crippen molar-refractivity contribution in [3.05, 3.63) is 35.4 Å². The Morgan fingerprint density at radius 3 is 2.50 bits per heavy atom. The van der Waals surface area contributed by atoms with E-state index in [2.05, 4.69) is 12.2 Å². The Kier molecular flexibility index (Phi) is 4.95. The third-order valence-electron chi connectivity index (χ3n) is 7.92. The highest BCUT2D eigenvalue weighted by Gasteiger charge is 2.75. The van der Waals surface area contributed by atoms with Gasteiger partial charge in [0.2, 0.25) is 5.79 Å². The van der Waals surface area contributed by atoms with Gasteiger partial charge in [0.15, 0.2) is 17.5 Å². The number of hydrogen-bond acceptors (Lipinski definition) is 5. The number of carbonyl (C=O) groups is 1. The molecular formula is C23H28F3NO5. The van der Waals surface area contributed by atoms with Crippen LogP contribution in [0, 0.1) is 17.8 Å². The van der Waals surface area contributed by atoms with Crippen molar-refractivity contribution in [3.63, 3.8) is 0 Å². The van der Waals surface area contributed by atoms with Gasteiger partial charge in [-0.1, -0.05) is 19.1 Å². The number of halogens is 3. The first-order valence-corrected chi connectivity index (χ1v) is 11.1. The smallest absolute Gasteiger partial charge is 0.350 e. The molecule has 5 aliphatic rings. The Labute approximate surface area is 184 Å². The Morgan fingerprint density at radius 1 is 1.09 bits per heavy atom. The van der Waals surface area contributed by atoms with Gasteiger partial charge in [-0.05, 0) is 62.6 Å². The van der Waals surface area contributed by atoms with Crippen molar-refractivity contribution in [2.75, 3.05) is 0 Å². The first kappa shape index (κ1) is 22.1. The minimum Gasteiger partial charge on any atom is -0.350 e. The zero-order valence-electron chi connectivity index (χ0n) is 18.3. The Bertz CT molecular complexity index is 908. The summed E-state index contributed by atoms with van der Waals surface area (Å²) in [4.78, 5) is 25.1. The highest BCUT2D eigenvalue weighted by atomic mass is 19.4. The first-order valence-electron chi connectivity index (χ1n) is 11.1. The predicted octanol–water partition coefficient (Wildman–Crippen LogP) is 4.33. The number of nitrogens with one attached hydrogen (secondary N) is 1. The summed E-state index contributed by atoms with van der Waals surface area (Å²) < 4.78 is 50.9. The standard InChI is InChI=1S/C23H28F3NO5/c1-13-4-9-17-21(3,18(28)27-12-14-5-7-15(8-6-14)23(24,25)26)30-19-22(17)16(13)10-11-20(2,29-19)31-32-22/h5-8,13,16-17,19H,4,9-12H2,1-3H3,(H,27,28)/t13-,16+,17?,19-,20-,21+,22-/m1/s1. The van der Waals surface area contributed by atoms with E-state index in [1.165, 1.54) is 12.1 Å². The normalized spacial score (nSPS) is 42.9. The molecule has 1 spiro atoms. The number of ether oxygens (including phenoxy) is 2. The minimum absolute atomic E-state index is 0.0933. The Balaban J connectivity index is 1.37. The van der Waals surface area contributed by atoms with Crippen LogP contribution in [0.5, 0.6) is 0 Å². The third kappa shape index (κ3) is 3.20. The second-order valence-electron chi connectivity index (χ2n) is 9.96. The zero-order valence-corrected chi connectivity index (χ0v) is 18.3. The quantitative estimate of drug-likeness (QED) is 0.688. The molecule has 5 fully saturated rings. The van der Waals surface area contributed by atoms with E-state index in [0.717, 1.165) is 31.4 Å². The van der Waals surface area contributed by atoms with E-state index < -0.39 is 35.0 Å². The topological polar surface area (TPSA) is 66.0 Å². The van der Waals surface area contributed by atoms with Gasteiger partial charge in [0.25, 0.3) is 5.91 Å². The lowest BCUT2D eigenvalue weighted by molar-refractivity contribution is -0.541. The highest BCUT2D eigenvalue weighted by Crippen LogP contribution is 2.63. The summed E-state index contributed by atoms with van der Waals surface area (Å²) in [7, 11) is 0. The van der Waals surface area contributed by atoms with Gasteiger partial charge < -0.3 is 14.8 Å².